The first kappa shape index (κ1) is 37.8. The predicted octanol–water partition coefficient (Wildman–Crippen LogP) is 12.1. The van der Waals surface area contributed by atoms with Gasteiger partial charge in [-0.15, -0.1) is 0 Å². The van der Waals surface area contributed by atoms with Gasteiger partial charge >= 0.3 is 14.6 Å². The van der Waals surface area contributed by atoms with Crippen molar-refractivity contribution < 1.29 is 0 Å². The van der Waals surface area contributed by atoms with Crippen LogP contribution in [-0.2, 0) is 32.5 Å². The minimum Gasteiger partial charge on any atom is -0.458 e. The second-order valence-corrected chi connectivity index (χ2v) is 22.0. The van der Waals surface area contributed by atoms with Crippen LogP contribution in [-0.4, -0.2) is 14.6 Å². The van der Waals surface area contributed by atoms with E-state index in [1.165, 1.54) is 44.8 Å². The summed E-state index contributed by atoms with van der Waals surface area (Å²) in [5.74, 6) is 0.590. The third-order valence-corrected chi connectivity index (χ3v) is 11.3. The molecule has 0 bridgehead atoms. The molecular weight excluding hydrogens is 535 g/mol. The van der Waals surface area contributed by atoms with Crippen molar-refractivity contribution >= 4 is 26.0 Å². The SMILES string of the molecule is CC(C)[CH2][Al]([NH]c1c(C(C)(C)C)cc(C(C)(C)C)cc1C(C)(C)C)[NH]c1c(C(C)(C)C)cc(C(C)(C)C)cc1C(C)(C)C. The third-order valence-electron chi connectivity index (χ3n) is 8.59. The Bertz CT molecular complexity index is 1090. The first-order valence-electron chi connectivity index (χ1n) is 16.9. The van der Waals surface area contributed by atoms with Crippen molar-refractivity contribution in [2.45, 2.75) is 176 Å². The Morgan fingerprint density at radius 1 is 0.442 bits per heavy atom. The van der Waals surface area contributed by atoms with Crippen LogP contribution in [0.4, 0.5) is 11.4 Å². The monoisotopic (exact) mass is 605 g/mol. The molecule has 0 amide bonds. The Hall–Kier alpha value is -1.43. The van der Waals surface area contributed by atoms with Crippen LogP contribution in [0, 0.1) is 5.92 Å². The number of benzene rings is 2. The molecule has 0 aliphatic heterocycles. The minimum absolute atomic E-state index is 0.0157. The third kappa shape index (κ3) is 9.78. The van der Waals surface area contributed by atoms with E-state index in [2.05, 4.69) is 171 Å². The largest absolute Gasteiger partial charge is 0.568 e. The van der Waals surface area contributed by atoms with Gasteiger partial charge < -0.3 is 8.60 Å². The average Bonchev–Trinajstić information content (AvgIpc) is 2.74. The molecule has 0 fully saturated rings. The van der Waals surface area contributed by atoms with Crippen LogP contribution in [0.5, 0.6) is 0 Å². The van der Waals surface area contributed by atoms with Gasteiger partial charge in [0.15, 0.2) is 0 Å². The zero-order valence-electron chi connectivity index (χ0n) is 32.2. The Labute approximate surface area is 273 Å². The van der Waals surface area contributed by atoms with Crippen molar-refractivity contribution in [2.24, 2.45) is 5.92 Å². The van der Waals surface area contributed by atoms with Crippen LogP contribution < -0.4 is 8.60 Å². The highest BCUT2D eigenvalue weighted by molar-refractivity contribution is 6.66. The second kappa shape index (κ2) is 12.4. The van der Waals surface area contributed by atoms with Gasteiger partial charge in [-0.2, -0.15) is 0 Å². The number of hydrogen-bond donors (Lipinski definition) is 2. The van der Waals surface area contributed by atoms with E-state index in [4.69, 9.17) is 0 Å². The molecule has 2 aromatic carbocycles. The van der Waals surface area contributed by atoms with Crippen LogP contribution in [0.25, 0.3) is 0 Å². The van der Waals surface area contributed by atoms with Crippen LogP contribution in [0.15, 0.2) is 24.3 Å². The van der Waals surface area contributed by atoms with Gasteiger partial charge in [0.25, 0.3) is 0 Å². The van der Waals surface area contributed by atoms with E-state index in [0.717, 1.165) is 5.28 Å². The fourth-order valence-electron chi connectivity index (χ4n) is 5.80. The molecule has 0 aromatic heterocycles. The van der Waals surface area contributed by atoms with E-state index in [9.17, 15) is 0 Å². The Balaban J connectivity index is 2.94. The summed E-state index contributed by atoms with van der Waals surface area (Å²) in [6.07, 6.45) is 0. The van der Waals surface area contributed by atoms with Crippen LogP contribution in [0.2, 0.25) is 5.28 Å². The average molecular weight is 605 g/mol. The molecule has 2 nitrogen and oxygen atoms in total. The topological polar surface area (TPSA) is 24.1 Å². The van der Waals surface area contributed by atoms with Gasteiger partial charge in [-0.25, -0.2) is 0 Å². The number of rotatable bonds is 6. The molecule has 0 heterocycles. The summed E-state index contributed by atoms with van der Waals surface area (Å²) in [6, 6.07) is 9.99. The van der Waals surface area contributed by atoms with Crippen molar-refractivity contribution in [1.82, 2.24) is 0 Å². The van der Waals surface area contributed by atoms with Crippen molar-refractivity contribution in [1.29, 1.82) is 0 Å². The molecule has 0 aliphatic rings. The van der Waals surface area contributed by atoms with E-state index in [1.54, 1.807) is 0 Å². The normalized spacial score (nSPS) is 13.9. The van der Waals surface area contributed by atoms with Crippen molar-refractivity contribution in [3.63, 3.8) is 0 Å². The number of anilines is 2. The van der Waals surface area contributed by atoms with Crippen molar-refractivity contribution in [3.05, 3.63) is 57.6 Å². The summed E-state index contributed by atoms with van der Waals surface area (Å²) in [5.41, 5.74) is 11.5. The van der Waals surface area contributed by atoms with Gasteiger partial charge in [-0.3, -0.25) is 0 Å². The second-order valence-electron chi connectivity index (χ2n) is 19.9. The molecule has 0 saturated heterocycles. The van der Waals surface area contributed by atoms with Crippen LogP contribution >= 0.6 is 0 Å². The van der Waals surface area contributed by atoms with Gasteiger partial charge in [0.05, 0.1) is 0 Å². The van der Waals surface area contributed by atoms with Crippen molar-refractivity contribution in [3.8, 4) is 0 Å². The smallest absolute Gasteiger partial charge is 0.458 e. The fraction of sp³-hybridized carbons (Fsp3) is 0.700. The molecule has 2 aromatic rings. The Kier molecular flexibility index (Phi) is 10.9. The zero-order valence-corrected chi connectivity index (χ0v) is 33.3. The van der Waals surface area contributed by atoms with Gasteiger partial charge in [0.2, 0.25) is 0 Å². The minimum atomic E-state index is -1.76. The molecule has 0 aliphatic carbocycles. The van der Waals surface area contributed by atoms with Crippen molar-refractivity contribution in [2.75, 3.05) is 8.60 Å². The summed E-state index contributed by atoms with van der Waals surface area (Å²) in [5, 5.41) is 1.16. The molecule has 242 valence electrons. The molecular formula is C40H69AlN2. The van der Waals surface area contributed by atoms with E-state index in [-0.39, 0.29) is 32.5 Å². The zero-order chi connectivity index (χ0) is 33.7. The first-order chi connectivity index (χ1) is 18.9. The summed E-state index contributed by atoms with van der Waals surface area (Å²) in [7, 11) is 0. The number of nitrogens with one attached hydrogen (secondary N) is 2. The molecule has 43 heavy (non-hydrogen) atoms. The lowest BCUT2D eigenvalue weighted by Gasteiger charge is -2.37. The summed E-state index contributed by atoms with van der Waals surface area (Å²) in [4.78, 5) is 0. The van der Waals surface area contributed by atoms with Gasteiger partial charge in [-0.1, -0.05) is 174 Å². The Morgan fingerprint density at radius 3 is 0.837 bits per heavy atom. The van der Waals surface area contributed by atoms with E-state index < -0.39 is 14.6 Å². The molecule has 3 heteroatoms. The summed E-state index contributed by atoms with van der Waals surface area (Å²) in [6.45, 7) is 47.3. The quantitative estimate of drug-likeness (QED) is 0.321. The molecule has 2 N–H and O–H groups in total. The maximum absolute atomic E-state index is 4.32. The highest BCUT2D eigenvalue weighted by Gasteiger charge is 2.36. The van der Waals surface area contributed by atoms with E-state index in [1.807, 2.05) is 0 Å². The van der Waals surface area contributed by atoms with Crippen LogP contribution in [0.3, 0.4) is 0 Å². The first-order valence-corrected chi connectivity index (χ1v) is 18.8. The highest BCUT2D eigenvalue weighted by atomic mass is 27.2. The lowest BCUT2D eigenvalue weighted by atomic mass is 9.74. The van der Waals surface area contributed by atoms with E-state index >= 15 is 0 Å². The Morgan fingerprint density at radius 2 is 0.674 bits per heavy atom. The van der Waals surface area contributed by atoms with Gasteiger partial charge in [0.1, 0.15) is 0 Å². The predicted molar refractivity (Wildman–Crippen MR) is 198 cm³/mol. The van der Waals surface area contributed by atoms with E-state index in [0.29, 0.717) is 5.92 Å². The fourth-order valence-corrected chi connectivity index (χ4v) is 8.37. The lowest BCUT2D eigenvalue weighted by molar-refractivity contribution is 0.551. The lowest BCUT2D eigenvalue weighted by Crippen LogP contribution is -2.40. The molecule has 2 rings (SSSR count). The van der Waals surface area contributed by atoms with Gasteiger partial charge in [-0.05, 0) is 65.9 Å². The molecule has 0 spiro atoms. The summed E-state index contributed by atoms with van der Waals surface area (Å²) >= 11 is -1.76. The highest BCUT2D eigenvalue weighted by Crippen LogP contribution is 2.44. The molecule has 0 atom stereocenters. The molecule has 0 saturated carbocycles. The maximum Gasteiger partial charge on any atom is 0.568 e. The maximum atomic E-state index is 4.32. The number of hydrogen-bond acceptors (Lipinski definition) is 2. The van der Waals surface area contributed by atoms with Crippen LogP contribution in [0.1, 0.15) is 172 Å². The molecule has 0 radical (unpaired) electrons. The molecule has 0 unspecified atom stereocenters. The summed E-state index contributed by atoms with van der Waals surface area (Å²) < 4.78 is 8.64. The van der Waals surface area contributed by atoms with Gasteiger partial charge in [0, 0.05) is 11.4 Å². The standard InChI is InChI=1S/2C18H30N.C4H9.Al/c2*1-16(2,3)12-10-13(17(4,5)6)15(19)14(11-12)18(7,8)9;1-4(2)3;/h2*10-11,19H,1-9H3;4H,1H2,2-3H3;/q2*-1;;+2.